The highest BCUT2D eigenvalue weighted by atomic mass is 35.5. The zero-order chi connectivity index (χ0) is 34.2. The number of carbonyl (C=O) groups is 4. The van der Waals surface area contributed by atoms with Gasteiger partial charge in [-0.2, -0.15) is 0 Å². The van der Waals surface area contributed by atoms with Gasteiger partial charge in [0.05, 0.1) is 35.0 Å². The molecule has 0 bridgehead atoms. The largest absolute Gasteiger partial charge is 0.488 e. The van der Waals surface area contributed by atoms with E-state index in [9.17, 15) is 29.5 Å². The van der Waals surface area contributed by atoms with Gasteiger partial charge in [0.15, 0.2) is 0 Å². The summed E-state index contributed by atoms with van der Waals surface area (Å²) in [7, 11) is -1.79. The molecule has 1 saturated carbocycles. The summed E-state index contributed by atoms with van der Waals surface area (Å²) in [5.41, 5.74) is 0.506. The van der Waals surface area contributed by atoms with Gasteiger partial charge in [-0.25, -0.2) is 4.90 Å². The Bertz CT molecular complexity index is 2060. The molecule has 10 nitrogen and oxygen atoms in total. The second kappa shape index (κ2) is 11.7. The number of hydrogen-bond donors (Lipinski definition) is 3. The van der Waals surface area contributed by atoms with Crippen molar-refractivity contribution < 1.29 is 38.7 Å². The third kappa shape index (κ3) is 4.53. The number of aliphatic hydroxyl groups is 1. The van der Waals surface area contributed by atoms with E-state index in [0.717, 1.165) is 10.5 Å². The molecular weight excluding hydrogens is 647 g/mol. The fourth-order valence-electron chi connectivity index (χ4n) is 8.77. The van der Waals surface area contributed by atoms with Crippen LogP contribution in [0.3, 0.4) is 0 Å². The summed E-state index contributed by atoms with van der Waals surface area (Å²) in [6.07, 6.45) is 2.23. The summed E-state index contributed by atoms with van der Waals surface area (Å²) in [5.74, 6) is -5.15. The quantitative estimate of drug-likeness (QED) is 0.160. The highest BCUT2D eigenvalue weighted by molar-refractivity contribution is 6.58. The van der Waals surface area contributed by atoms with Gasteiger partial charge in [-0.15, -0.1) is 0 Å². The van der Waals surface area contributed by atoms with Crippen molar-refractivity contribution in [3.63, 3.8) is 0 Å². The van der Waals surface area contributed by atoms with Crippen LogP contribution in [0.25, 0.3) is 0 Å². The molecular formula is C37H30BClN2O8. The number of anilines is 2. The van der Waals surface area contributed by atoms with Crippen LogP contribution in [0.2, 0.25) is 5.02 Å². The second-order valence-corrected chi connectivity index (χ2v) is 13.5. The smallest absolute Gasteiger partial charge is 0.463 e. The molecule has 1 aromatic heterocycles. The minimum absolute atomic E-state index is 0.107. The molecule has 0 radical (unpaired) electrons. The van der Waals surface area contributed by atoms with Gasteiger partial charge in [-0.3, -0.25) is 24.1 Å². The van der Waals surface area contributed by atoms with Crippen molar-refractivity contribution in [1.82, 2.24) is 0 Å². The fraction of sp³-hybridized carbons (Fsp3) is 0.243. The minimum atomic E-state index is -1.79. The zero-order valence-electron chi connectivity index (χ0n) is 26.0. The first-order valence-corrected chi connectivity index (χ1v) is 16.5. The lowest BCUT2D eigenvalue weighted by molar-refractivity contribution is -0.127. The number of hydrogen-bond acceptors (Lipinski definition) is 8. The number of imide groups is 2. The van der Waals surface area contributed by atoms with Gasteiger partial charge >= 0.3 is 7.12 Å². The lowest BCUT2D eigenvalue weighted by Gasteiger charge is -2.49. The van der Waals surface area contributed by atoms with Crippen LogP contribution in [0.5, 0.6) is 0 Å². The number of nitrogens with zero attached hydrogens (tertiary/aromatic N) is 2. The lowest BCUT2D eigenvalue weighted by Crippen LogP contribution is -2.53. The molecule has 3 heterocycles. The molecule has 4 aromatic rings. The Hall–Kier alpha value is -4.81. The molecule has 2 saturated heterocycles. The maximum absolute atomic E-state index is 15.2. The molecule has 8 rings (SSSR count). The van der Waals surface area contributed by atoms with E-state index in [2.05, 4.69) is 0 Å². The van der Waals surface area contributed by atoms with Crippen LogP contribution in [0, 0.1) is 23.7 Å². The maximum atomic E-state index is 15.2. The number of fused-ring (bicyclic) bond motifs is 4. The SMILES string of the molecule is O=C1[C@H]2[C@H](CC=C3[C@H]2C[C@H]2C(=O)N(c4cccc(Cl)c4)C(=O)[C@@]2(c2ccccc2)[C@H]3c2ccc(CO)o2)C(=O)N1c1cccc(B(O)O)c1. The number of benzene rings is 3. The van der Waals surface area contributed by atoms with Crippen LogP contribution < -0.4 is 15.3 Å². The predicted octanol–water partition coefficient (Wildman–Crippen LogP) is 3.47. The molecule has 0 spiro atoms. The third-order valence-electron chi connectivity index (χ3n) is 10.7. The van der Waals surface area contributed by atoms with Crippen molar-refractivity contribution in [3.8, 4) is 0 Å². The van der Waals surface area contributed by atoms with E-state index in [1.165, 1.54) is 17.0 Å². The molecule has 2 aliphatic carbocycles. The molecule has 2 aliphatic heterocycles. The van der Waals surface area contributed by atoms with Crippen LogP contribution in [-0.4, -0.2) is 45.9 Å². The van der Waals surface area contributed by atoms with Gasteiger partial charge in [0.25, 0.3) is 0 Å². The van der Waals surface area contributed by atoms with Gasteiger partial charge in [0.1, 0.15) is 23.5 Å². The molecule has 4 aliphatic rings. The third-order valence-corrected chi connectivity index (χ3v) is 11.0. The Morgan fingerprint density at radius 2 is 1.55 bits per heavy atom. The monoisotopic (exact) mass is 676 g/mol. The Kier molecular flexibility index (Phi) is 7.49. The topological polar surface area (TPSA) is 149 Å². The average Bonchev–Trinajstić information content (AvgIpc) is 3.75. The molecule has 12 heteroatoms. The van der Waals surface area contributed by atoms with E-state index in [1.54, 1.807) is 48.5 Å². The molecule has 49 heavy (non-hydrogen) atoms. The van der Waals surface area contributed by atoms with Crippen LogP contribution in [0.15, 0.2) is 107 Å². The van der Waals surface area contributed by atoms with E-state index >= 15 is 4.79 Å². The maximum Gasteiger partial charge on any atom is 0.488 e. The average molecular weight is 677 g/mol. The van der Waals surface area contributed by atoms with E-state index in [1.807, 2.05) is 36.4 Å². The molecule has 3 fully saturated rings. The molecule has 4 amide bonds. The van der Waals surface area contributed by atoms with Crippen LogP contribution in [-0.2, 0) is 31.2 Å². The summed E-state index contributed by atoms with van der Waals surface area (Å²) in [6.45, 7) is -0.382. The Morgan fingerprint density at radius 1 is 0.816 bits per heavy atom. The van der Waals surface area contributed by atoms with Crippen LogP contribution in [0.4, 0.5) is 11.4 Å². The van der Waals surface area contributed by atoms with Gasteiger partial charge < -0.3 is 19.6 Å². The molecule has 3 N–H and O–H groups in total. The number of allylic oxidation sites excluding steroid dienone is 2. The molecule has 0 unspecified atom stereocenters. The number of aliphatic hydroxyl groups excluding tert-OH is 1. The second-order valence-electron chi connectivity index (χ2n) is 13.0. The number of carbonyl (C=O) groups excluding carboxylic acids is 4. The van der Waals surface area contributed by atoms with Gasteiger partial charge in [0.2, 0.25) is 23.6 Å². The summed E-state index contributed by atoms with van der Waals surface area (Å²) < 4.78 is 6.20. The van der Waals surface area contributed by atoms with E-state index in [0.29, 0.717) is 22.0 Å². The number of amides is 4. The standard InChI is InChI=1S/C37H30BClN2O8/c39-22-9-5-11-24(17-22)41-34(44)29-18-28-26(13-14-27-31(28)35(45)40(33(27)43)23-10-4-8-21(16-23)38(47)48)32(30-15-12-25(19-42)49-30)37(29,36(41)46)20-6-2-1-3-7-20/h1-13,15-17,27-29,31-32,42,47-48H,14,18-19H2/t27-,28+,29-,31-,32+,37+/m0/s1. The minimum Gasteiger partial charge on any atom is -0.463 e. The molecule has 6 atom stereocenters. The summed E-state index contributed by atoms with van der Waals surface area (Å²) in [6, 6.07) is 25.0. The van der Waals surface area contributed by atoms with Crippen LogP contribution >= 0.6 is 11.6 Å². The van der Waals surface area contributed by atoms with Crippen LogP contribution in [0.1, 0.15) is 35.8 Å². The molecule has 246 valence electrons. The number of rotatable bonds is 6. The van der Waals surface area contributed by atoms with E-state index in [-0.39, 0.29) is 36.4 Å². The Morgan fingerprint density at radius 3 is 2.24 bits per heavy atom. The van der Waals surface area contributed by atoms with Crippen molar-refractivity contribution in [2.24, 2.45) is 23.7 Å². The predicted molar refractivity (Wildman–Crippen MR) is 179 cm³/mol. The van der Waals surface area contributed by atoms with Crippen molar-refractivity contribution in [3.05, 3.63) is 125 Å². The highest BCUT2D eigenvalue weighted by Crippen LogP contribution is 2.64. The normalized spacial score (nSPS) is 27.6. The number of furan rings is 1. The van der Waals surface area contributed by atoms with E-state index < -0.39 is 65.8 Å². The highest BCUT2D eigenvalue weighted by Gasteiger charge is 2.71. The van der Waals surface area contributed by atoms with Crippen molar-refractivity contribution in [2.45, 2.75) is 30.8 Å². The van der Waals surface area contributed by atoms with Crippen molar-refractivity contribution in [2.75, 3.05) is 9.80 Å². The Balaban J connectivity index is 1.32. The first kappa shape index (κ1) is 31.5. The van der Waals surface area contributed by atoms with Gasteiger partial charge in [-0.05, 0) is 72.3 Å². The van der Waals surface area contributed by atoms with Crippen molar-refractivity contribution >= 4 is 59.2 Å². The number of halogens is 1. The van der Waals surface area contributed by atoms with E-state index in [4.69, 9.17) is 16.0 Å². The zero-order valence-corrected chi connectivity index (χ0v) is 26.7. The van der Waals surface area contributed by atoms with Gasteiger partial charge in [-0.1, -0.05) is 71.8 Å². The molecule has 3 aromatic carbocycles. The summed E-state index contributed by atoms with van der Waals surface area (Å²) in [5, 5.41) is 29.9. The summed E-state index contributed by atoms with van der Waals surface area (Å²) >= 11 is 6.35. The first-order valence-electron chi connectivity index (χ1n) is 16.1. The summed E-state index contributed by atoms with van der Waals surface area (Å²) in [4.78, 5) is 60.6. The first-order chi connectivity index (χ1) is 23.7. The lowest BCUT2D eigenvalue weighted by atomic mass is 9.50. The van der Waals surface area contributed by atoms with Gasteiger partial charge in [0, 0.05) is 5.02 Å². The van der Waals surface area contributed by atoms with Crippen molar-refractivity contribution in [1.29, 1.82) is 0 Å². The fourth-order valence-corrected chi connectivity index (χ4v) is 8.95. The Labute approximate surface area is 286 Å².